The molecule has 14 heavy (non-hydrogen) atoms. The Balaban J connectivity index is 2.22. The molecule has 76 valence electrons. The standard InChI is InChI=1S/C10H12ClNOS/c1-9(2)4-7(13)6-3-10(11,5-12)8(6)14-9/h6,8H,3-4H2,1-2H3/t6-,8+,10-/m0/s1. The summed E-state index contributed by atoms with van der Waals surface area (Å²) in [7, 11) is 0. The Kier molecular flexibility index (Phi) is 2.14. The summed E-state index contributed by atoms with van der Waals surface area (Å²) in [6, 6.07) is 2.13. The van der Waals surface area contributed by atoms with Crippen LogP contribution in [0.1, 0.15) is 26.7 Å². The van der Waals surface area contributed by atoms with Crippen molar-refractivity contribution in [3.63, 3.8) is 0 Å². The Morgan fingerprint density at radius 2 is 2.29 bits per heavy atom. The van der Waals surface area contributed by atoms with Gasteiger partial charge in [-0.1, -0.05) is 13.8 Å². The minimum absolute atomic E-state index is 0.00502. The Labute approximate surface area is 93.0 Å². The van der Waals surface area contributed by atoms with E-state index in [1.165, 1.54) is 0 Å². The van der Waals surface area contributed by atoms with Crippen molar-refractivity contribution in [1.29, 1.82) is 5.26 Å². The van der Waals surface area contributed by atoms with Crippen molar-refractivity contribution in [3.05, 3.63) is 0 Å². The number of alkyl halides is 1. The molecule has 0 spiro atoms. The van der Waals surface area contributed by atoms with Crippen LogP contribution in [0.2, 0.25) is 0 Å². The second-order valence-electron chi connectivity index (χ2n) is 4.73. The van der Waals surface area contributed by atoms with Crippen molar-refractivity contribution < 1.29 is 4.79 Å². The van der Waals surface area contributed by atoms with Gasteiger partial charge < -0.3 is 0 Å². The zero-order valence-corrected chi connectivity index (χ0v) is 9.78. The third-order valence-corrected chi connectivity index (χ3v) is 5.35. The Hall–Kier alpha value is -0.200. The summed E-state index contributed by atoms with van der Waals surface area (Å²) in [6.45, 7) is 4.08. The summed E-state index contributed by atoms with van der Waals surface area (Å²) in [4.78, 5) is 10.9. The monoisotopic (exact) mass is 229 g/mol. The summed E-state index contributed by atoms with van der Waals surface area (Å²) in [5.74, 6) is 0.315. The van der Waals surface area contributed by atoms with Gasteiger partial charge in [-0.15, -0.1) is 23.4 Å². The lowest BCUT2D eigenvalue weighted by Crippen LogP contribution is -2.59. The first-order valence-electron chi connectivity index (χ1n) is 4.69. The molecule has 0 unspecified atom stereocenters. The summed E-state index contributed by atoms with van der Waals surface area (Å²) < 4.78 is -0.0599. The molecule has 1 aliphatic heterocycles. The lowest BCUT2D eigenvalue weighted by molar-refractivity contribution is -0.126. The maximum absolute atomic E-state index is 11.7. The third kappa shape index (κ3) is 1.36. The maximum atomic E-state index is 11.7. The van der Waals surface area contributed by atoms with Crippen LogP contribution in [0.5, 0.6) is 0 Å². The number of nitrogens with zero attached hydrogens (tertiary/aromatic N) is 1. The number of carbonyl (C=O) groups is 1. The normalized spacial score (nSPS) is 44.9. The molecule has 1 heterocycles. The highest BCUT2D eigenvalue weighted by Crippen LogP contribution is 2.57. The van der Waals surface area contributed by atoms with E-state index in [0.717, 1.165) is 0 Å². The molecule has 0 aromatic carbocycles. The molecule has 0 aromatic heterocycles. The molecule has 2 nitrogen and oxygen atoms in total. The number of hydrogen-bond donors (Lipinski definition) is 0. The lowest BCUT2D eigenvalue weighted by atomic mass is 9.70. The van der Waals surface area contributed by atoms with Crippen LogP contribution >= 0.6 is 23.4 Å². The van der Waals surface area contributed by atoms with Crippen LogP contribution in [0.25, 0.3) is 0 Å². The smallest absolute Gasteiger partial charge is 0.144 e. The fraction of sp³-hybridized carbons (Fsp3) is 0.800. The average Bonchev–Trinajstić information content (AvgIpc) is 2.07. The number of fused-ring (bicyclic) bond motifs is 1. The average molecular weight is 230 g/mol. The highest BCUT2D eigenvalue weighted by atomic mass is 35.5. The molecule has 0 radical (unpaired) electrons. The zero-order chi connectivity index (χ0) is 10.6. The van der Waals surface area contributed by atoms with Crippen molar-refractivity contribution in [3.8, 4) is 6.07 Å². The van der Waals surface area contributed by atoms with Gasteiger partial charge in [-0.2, -0.15) is 5.26 Å². The fourth-order valence-electron chi connectivity index (χ4n) is 2.21. The van der Waals surface area contributed by atoms with Gasteiger partial charge >= 0.3 is 0 Å². The van der Waals surface area contributed by atoms with Crippen LogP contribution in [-0.2, 0) is 4.79 Å². The molecule has 3 atom stereocenters. The number of ketones is 1. The quantitative estimate of drug-likeness (QED) is 0.599. The molecular weight excluding hydrogens is 218 g/mol. The van der Waals surface area contributed by atoms with Crippen LogP contribution < -0.4 is 0 Å². The first-order chi connectivity index (χ1) is 6.38. The molecule has 2 aliphatic rings. The second-order valence-corrected chi connectivity index (χ2v) is 7.25. The number of rotatable bonds is 0. The van der Waals surface area contributed by atoms with E-state index in [9.17, 15) is 4.79 Å². The largest absolute Gasteiger partial charge is 0.299 e. The summed E-state index contributed by atoms with van der Waals surface area (Å²) in [6.07, 6.45) is 1.15. The predicted molar refractivity (Wildman–Crippen MR) is 57.4 cm³/mol. The molecule has 2 rings (SSSR count). The Morgan fingerprint density at radius 1 is 1.64 bits per heavy atom. The molecule has 4 heteroatoms. The van der Waals surface area contributed by atoms with Gasteiger partial charge in [0.1, 0.15) is 10.7 Å². The van der Waals surface area contributed by atoms with Crippen LogP contribution in [-0.4, -0.2) is 20.7 Å². The summed E-state index contributed by atoms with van der Waals surface area (Å²) in [5.41, 5.74) is 0. The number of nitriles is 1. The van der Waals surface area contributed by atoms with Crippen molar-refractivity contribution in [2.24, 2.45) is 5.92 Å². The number of Topliss-reactive ketones (excluding diaryl/α,β-unsaturated/α-hetero) is 1. The van der Waals surface area contributed by atoms with E-state index in [4.69, 9.17) is 16.9 Å². The second kappa shape index (κ2) is 2.90. The fourth-order valence-corrected chi connectivity index (χ4v) is 4.32. The first kappa shape index (κ1) is 10.3. The van der Waals surface area contributed by atoms with Gasteiger partial charge in [-0.25, -0.2) is 0 Å². The van der Waals surface area contributed by atoms with E-state index in [-0.39, 0.29) is 21.7 Å². The van der Waals surface area contributed by atoms with E-state index in [2.05, 4.69) is 6.07 Å². The zero-order valence-electron chi connectivity index (χ0n) is 8.21. The van der Waals surface area contributed by atoms with Crippen LogP contribution in [0.3, 0.4) is 0 Å². The van der Waals surface area contributed by atoms with Gasteiger partial charge in [0.05, 0.1) is 6.07 Å². The van der Waals surface area contributed by atoms with E-state index < -0.39 is 4.87 Å². The van der Waals surface area contributed by atoms with Crippen molar-refractivity contribution in [2.75, 3.05) is 0 Å². The number of carbonyl (C=O) groups excluding carboxylic acids is 1. The molecule has 1 saturated carbocycles. The van der Waals surface area contributed by atoms with E-state index in [0.29, 0.717) is 12.8 Å². The Morgan fingerprint density at radius 3 is 2.86 bits per heavy atom. The van der Waals surface area contributed by atoms with E-state index in [1.54, 1.807) is 11.8 Å². The van der Waals surface area contributed by atoms with Gasteiger partial charge in [-0.3, -0.25) is 4.79 Å². The number of halogens is 1. The van der Waals surface area contributed by atoms with Crippen LogP contribution in [0, 0.1) is 17.2 Å². The van der Waals surface area contributed by atoms with Crippen molar-refractivity contribution >= 4 is 29.1 Å². The van der Waals surface area contributed by atoms with E-state index >= 15 is 0 Å². The van der Waals surface area contributed by atoms with Gasteiger partial charge in [0, 0.05) is 22.3 Å². The van der Waals surface area contributed by atoms with Crippen LogP contribution in [0.4, 0.5) is 0 Å². The topological polar surface area (TPSA) is 40.9 Å². The summed E-state index contributed by atoms with van der Waals surface area (Å²) >= 11 is 7.82. The Bertz CT molecular complexity index is 336. The molecule has 1 saturated heterocycles. The van der Waals surface area contributed by atoms with Gasteiger partial charge in [0.25, 0.3) is 0 Å². The minimum atomic E-state index is -0.789. The number of thioether (sulfide) groups is 1. The summed E-state index contributed by atoms with van der Waals surface area (Å²) in [5, 5.41) is 8.94. The number of hydrogen-bond acceptors (Lipinski definition) is 3. The molecule has 0 bridgehead atoms. The maximum Gasteiger partial charge on any atom is 0.144 e. The molecular formula is C10H12ClNOS. The molecule has 0 aromatic rings. The highest BCUT2D eigenvalue weighted by molar-refractivity contribution is 8.01. The highest BCUT2D eigenvalue weighted by Gasteiger charge is 2.60. The van der Waals surface area contributed by atoms with Crippen molar-refractivity contribution in [2.45, 2.75) is 41.6 Å². The SMILES string of the molecule is CC1(C)CC(=O)[C@@H]2C[C@](Cl)(C#N)[C@@H]2S1. The van der Waals surface area contributed by atoms with Gasteiger partial charge in [-0.05, 0) is 6.42 Å². The first-order valence-corrected chi connectivity index (χ1v) is 5.94. The molecule has 1 aliphatic carbocycles. The van der Waals surface area contributed by atoms with Crippen LogP contribution in [0.15, 0.2) is 0 Å². The van der Waals surface area contributed by atoms with Gasteiger partial charge in [0.15, 0.2) is 0 Å². The lowest BCUT2D eigenvalue weighted by Gasteiger charge is -2.52. The van der Waals surface area contributed by atoms with Crippen molar-refractivity contribution in [1.82, 2.24) is 0 Å². The van der Waals surface area contributed by atoms with E-state index in [1.807, 2.05) is 13.8 Å². The minimum Gasteiger partial charge on any atom is -0.299 e. The van der Waals surface area contributed by atoms with Gasteiger partial charge in [0.2, 0.25) is 0 Å². The molecule has 2 fully saturated rings. The third-order valence-electron chi connectivity index (χ3n) is 2.98. The molecule has 0 amide bonds. The predicted octanol–water partition coefficient (Wildman–Crippen LogP) is 2.36. The molecule has 0 N–H and O–H groups in total.